The van der Waals surface area contributed by atoms with Crippen LogP contribution in [0.4, 0.5) is 0 Å². The number of phenolic OH excluding ortho intramolecular Hbond substituents is 1. The molecule has 0 aliphatic carbocycles. The SMILES string of the molecule is CCC[C@@H](c1c(Br)ccc(OC)c1O)N1CCNCC1.Cl.Cl. The molecule has 4 nitrogen and oxygen atoms in total. The fourth-order valence-corrected chi connectivity index (χ4v) is 3.41. The second-order valence-electron chi connectivity index (χ2n) is 5.10. The molecule has 128 valence electrons. The molecule has 0 aromatic heterocycles. The minimum absolute atomic E-state index is 0. The minimum atomic E-state index is 0. The fourth-order valence-electron chi connectivity index (χ4n) is 2.82. The molecule has 1 aliphatic rings. The lowest BCUT2D eigenvalue weighted by Gasteiger charge is -2.36. The van der Waals surface area contributed by atoms with Gasteiger partial charge in [-0.3, -0.25) is 4.90 Å². The van der Waals surface area contributed by atoms with Crippen molar-refractivity contribution in [3.05, 3.63) is 22.2 Å². The molecule has 0 spiro atoms. The Morgan fingerprint density at radius 2 is 1.95 bits per heavy atom. The van der Waals surface area contributed by atoms with Crippen molar-refractivity contribution in [2.24, 2.45) is 0 Å². The number of piperazine rings is 1. The number of methoxy groups -OCH3 is 1. The van der Waals surface area contributed by atoms with E-state index in [1.165, 1.54) is 0 Å². The van der Waals surface area contributed by atoms with Crippen molar-refractivity contribution in [2.45, 2.75) is 25.8 Å². The van der Waals surface area contributed by atoms with Gasteiger partial charge in [-0.05, 0) is 18.6 Å². The summed E-state index contributed by atoms with van der Waals surface area (Å²) in [5, 5.41) is 13.9. The van der Waals surface area contributed by atoms with E-state index in [9.17, 15) is 5.11 Å². The van der Waals surface area contributed by atoms with E-state index >= 15 is 0 Å². The van der Waals surface area contributed by atoms with Crippen LogP contribution >= 0.6 is 40.7 Å². The maximum atomic E-state index is 10.5. The first-order valence-corrected chi connectivity index (χ1v) is 7.98. The van der Waals surface area contributed by atoms with Crippen molar-refractivity contribution < 1.29 is 9.84 Å². The molecule has 1 aromatic rings. The number of halogens is 3. The van der Waals surface area contributed by atoms with Crippen molar-refractivity contribution in [1.82, 2.24) is 10.2 Å². The summed E-state index contributed by atoms with van der Waals surface area (Å²) in [5.41, 5.74) is 0.952. The molecule has 2 N–H and O–H groups in total. The molecule has 1 fully saturated rings. The van der Waals surface area contributed by atoms with Gasteiger partial charge in [0.25, 0.3) is 0 Å². The van der Waals surface area contributed by atoms with Crippen molar-refractivity contribution in [1.29, 1.82) is 0 Å². The van der Waals surface area contributed by atoms with Crippen LogP contribution in [0.15, 0.2) is 16.6 Å². The summed E-state index contributed by atoms with van der Waals surface area (Å²) in [4.78, 5) is 2.44. The Morgan fingerprint density at radius 3 is 2.50 bits per heavy atom. The van der Waals surface area contributed by atoms with Crippen LogP contribution in [0.25, 0.3) is 0 Å². The lowest BCUT2D eigenvalue weighted by molar-refractivity contribution is 0.161. The zero-order valence-corrected chi connectivity index (χ0v) is 16.2. The summed E-state index contributed by atoms with van der Waals surface area (Å²) in [7, 11) is 1.59. The molecule has 1 atom stereocenters. The number of nitrogens with one attached hydrogen (secondary N) is 1. The van der Waals surface area contributed by atoms with Gasteiger partial charge in [-0.1, -0.05) is 29.3 Å². The number of hydrogen-bond donors (Lipinski definition) is 2. The number of hydrogen-bond acceptors (Lipinski definition) is 4. The zero-order chi connectivity index (χ0) is 14.5. The van der Waals surface area contributed by atoms with Crippen LogP contribution < -0.4 is 10.1 Å². The van der Waals surface area contributed by atoms with Gasteiger partial charge in [-0.15, -0.1) is 24.8 Å². The molecule has 2 rings (SSSR count). The molecular weight excluding hydrogens is 391 g/mol. The highest BCUT2D eigenvalue weighted by atomic mass is 79.9. The average molecular weight is 416 g/mol. The number of nitrogens with zero attached hydrogens (tertiary/aromatic N) is 1. The van der Waals surface area contributed by atoms with E-state index in [2.05, 4.69) is 33.1 Å². The maximum Gasteiger partial charge on any atom is 0.163 e. The molecule has 7 heteroatoms. The molecule has 0 saturated carbocycles. The number of benzene rings is 1. The highest BCUT2D eigenvalue weighted by molar-refractivity contribution is 9.10. The monoisotopic (exact) mass is 414 g/mol. The number of rotatable bonds is 5. The van der Waals surface area contributed by atoms with Crippen molar-refractivity contribution in [3.63, 3.8) is 0 Å². The van der Waals surface area contributed by atoms with Gasteiger partial charge in [0.2, 0.25) is 0 Å². The lowest BCUT2D eigenvalue weighted by Crippen LogP contribution is -2.45. The van der Waals surface area contributed by atoms with Crippen LogP contribution in [-0.2, 0) is 0 Å². The van der Waals surface area contributed by atoms with Crippen LogP contribution in [0.5, 0.6) is 11.5 Å². The molecule has 0 radical (unpaired) electrons. The summed E-state index contributed by atoms with van der Waals surface area (Å²) >= 11 is 3.59. The van der Waals surface area contributed by atoms with E-state index in [0.29, 0.717) is 5.75 Å². The Hall–Kier alpha value is -0.200. The Labute approximate surface area is 153 Å². The number of aromatic hydroxyl groups is 1. The Balaban J connectivity index is 0.00000220. The van der Waals surface area contributed by atoms with Crippen LogP contribution in [0.2, 0.25) is 0 Å². The molecule has 0 amide bonds. The summed E-state index contributed by atoms with van der Waals surface area (Å²) in [5.74, 6) is 0.804. The molecular formula is C15H25BrCl2N2O2. The van der Waals surface area contributed by atoms with E-state index in [1.54, 1.807) is 13.2 Å². The molecule has 1 aliphatic heterocycles. The van der Waals surface area contributed by atoms with Gasteiger partial charge in [-0.2, -0.15) is 0 Å². The van der Waals surface area contributed by atoms with E-state index in [0.717, 1.165) is 49.1 Å². The van der Waals surface area contributed by atoms with Gasteiger partial charge in [0, 0.05) is 42.3 Å². The van der Waals surface area contributed by atoms with Crippen molar-refractivity contribution in [3.8, 4) is 11.5 Å². The van der Waals surface area contributed by atoms with Gasteiger partial charge in [-0.25, -0.2) is 0 Å². The predicted octanol–water partition coefficient (Wildman–Crippen LogP) is 3.75. The zero-order valence-electron chi connectivity index (χ0n) is 13.0. The third-order valence-electron chi connectivity index (χ3n) is 3.83. The van der Waals surface area contributed by atoms with E-state index in [4.69, 9.17) is 4.74 Å². The second-order valence-corrected chi connectivity index (χ2v) is 5.96. The first-order chi connectivity index (χ1) is 9.69. The normalized spacial score (nSPS) is 16.3. The largest absolute Gasteiger partial charge is 0.504 e. The Kier molecular flexibility index (Phi) is 10.5. The van der Waals surface area contributed by atoms with E-state index in [1.807, 2.05) is 6.07 Å². The molecule has 1 saturated heterocycles. The van der Waals surface area contributed by atoms with Gasteiger partial charge in [0.05, 0.1) is 7.11 Å². The molecule has 1 aromatic carbocycles. The van der Waals surface area contributed by atoms with Crippen LogP contribution in [0.3, 0.4) is 0 Å². The summed E-state index contributed by atoms with van der Waals surface area (Å²) in [6, 6.07) is 3.98. The number of phenols is 1. The van der Waals surface area contributed by atoms with Crippen LogP contribution in [-0.4, -0.2) is 43.3 Å². The third kappa shape index (κ3) is 4.90. The van der Waals surface area contributed by atoms with Crippen LogP contribution in [0, 0.1) is 0 Å². The van der Waals surface area contributed by atoms with E-state index < -0.39 is 0 Å². The first kappa shape index (κ1) is 21.8. The van der Waals surface area contributed by atoms with Crippen molar-refractivity contribution in [2.75, 3.05) is 33.3 Å². The summed E-state index contributed by atoms with van der Waals surface area (Å²) in [6.07, 6.45) is 2.11. The highest BCUT2D eigenvalue weighted by Crippen LogP contribution is 2.42. The summed E-state index contributed by atoms with van der Waals surface area (Å²) < 4.78 is 6.21. The molecule has 0 unspecified atom stereocenters. The van der Waals surface area contributed by atoms with Crippen LogP contribution in [0.1, 0.15) is 31.4 Å². The Morgan fingerprint density at radius 1 is 1.32 bits per heavy atom. The molecule has 1 heterocycles. The smallest absolute Gasteiger partial charge is 0.163 e. The highest BCUT2D eigenvalue weighted by Gasteiger charge is 2.27. The van der Waals surface area contributed by atoms with E-state index in [-0.39, 0.29) is 36.6 Å². The van der Waals surface area contributed by atoms with Gasteiger partial charge in [0.1, 0.15) is 0 Å². The maximum absolute atomic E-state index is 10.5. The Bertz CT molecular complexity index is 457. The standard InChI is InChI=1S/C15H23BrN2O2.2ClH/c1-3-4-12(18-9-7-17-8-10-18)14-11(16)5-6-13(20-2)15(14)19;;/h5-6,12,17,19H,3-4,7-10H2,1-2H3;2*1H/t12-;;/m0../s1. The first-order valence-electron chi connectivity index (χ1n) is 7.19. The number of ether oxygens (including phenoxy) is 1. The third-order valence-corrected chi connectivity index (χ3v) is 4.53. The van der Waals surface area contributed by atoms with Crippen molar-refractivity contribution >= 4 is 40.7 Å². The predicted molar refractivity (Wildman–Crippen MR) is 98.9 cm³/mol. The van der Waals surface area contributed by atoms with Gasteiger partial charge in [0.15, 0.2) is 11.5 Å². The topological polar surface area (TPSA) is 44.7 Å². The van der Waals surface area contributed by atoms with Gasteiger partial charge >= 0.3 is 0 Å². The quantitative estimate of drug-likeness (QED) is 0.768. The minimum Gasteiger partial charge on any atom is -0.504 e. The fraction of sp³-hybridized carbons (Fsp3) is 0.600. The average Bonchev–Trinajstić information content (AvgIpc) is 2.47. The summed E-state index contributed by atoms with van der Waals surface area (Å²) in [6.45, 7) is 6.20. The second kappa shape index (κ2) is 10.6. The molecule has 22 heavy (non-hydrogen) atoms. The molecule has 0 bridgehead atoms. The van der Waals surface area contributed by atoms with Gasteiger partial charge < -0.3 is 15.2 Å². The lowest BCUT2D eigenvalue weighted by atomic mass is 9.98.